The molecule has 0 bridgehead atoms. The summed E-state index contributed by atoms with van der Waals surface area (Å²) in [5, 5.41) is 25.1. The van der Waals surface area contributed by atoms with Gasteiger partial charge in [-0.25, -0.2) is 0 Å². The van der Waals surface area contributed by atoms with Crippen molar-refractivity contribution in [2.45, 2.75) is 51.9 Å². The molecule has 0 aliphatic heterocycles. The third-order valence-electron chi connectivity index (χ3n) is 3.88. The molecule has 0 spiro atoms. The molecular formula is C16H22N2O2. The third kappa shape index (κ3) is 3.18. The van der Waals surface area contributed by atoms with E-state index in [2.05, 4.69) is 29.4 Å². The van der Waals surface area contributed by atoms with Crippen molar-refractivity contribution < 1.29 is 10.4 Å². The van der Waals surface area contributed by atoms with Gasteiger partial charge in [-0.05, 0) is 55.7 Å². The molecule has 0 saturated heterocycles. The Kier molecular flexibility index (Phi) is 5.16. The molecule has 1 aromatic rings. The first-order chi connectivity index (χ1) is 9.80. The lowest BCUT2D eigenvalue weighted by Gasteiger charge is -2.17. The van der Waals surface area contributed by atoms with Gasteiger partial charge in [0.25, 0.3) is 0 Å². The molecule has 0 unspecified atom stereocenters. The Bertz CT molecular complexity index is 521. The Hall–Kier alpha value is -1.84. The molecule has 1 aromatic carbocycles. The maximum absolute atomic E-state index is 9.28. The predicted octanol–water partition coefficient (Wildman–Crippen LogP) is 3.76. The fourth-order valence-electron chi connectivity index (χ4n) is 2.72. The first kappa shape index (κ1) is 14.6. The maximum atomic E-state index is 9.28. The number of unbranched alkanes of at least 4 members (excludes halogenated alkanes) is 1. The second kappa shape index (κ2) is 7.08. The van der Waals surface area contributed by atoms with Crippen LogP contribution in [0.3, 0.4) is 0 Å². The van der Waals surface area contributed by atoms with E-state index in [9.17, 15) is 5.21 Å². The molecule has 2 N–H and O–H groups in total. The van der Waals surface area contributed by atoms with Crippen LogP contribution >= 0.6 is 0 Å². The summed E-state index contributed by atoms with van der Waals surface area (Å²) in [6.45, 7) is 2.07. The lowest BCUT2D eigenvalue weighted by atomic mass is 9.89. The second-order valence-electron chi connectivity index (χ2n) is 5.29. The second-order valence-corrected chi connectivity index (χ2v) is 5.29. The van der Waals surface area contributed by atoms with Crippen LogP contribution in [0.1, 0.15) is 55.7 Å². The van der Waals surface area contributed by atoms with Crippen molar-refractivity contribution >= 4 is 11.4 Å². The van der Waals surface area contributed by atoms with E-state index >= 15 is 0 Å². The predicted molar refractivity (Wildman–Crippen MR) is 80.2 cm³/mol. The molecule has 4 nitrogen and oxygen atoms in total. The molecule has 20 heavy (non-hydrogen) atoms. The monoisotopic (exact) mass is 274 g/mol. The minimum absolute atomic E-state index is 0.384. The number of hydrogen-bond donors (Lipinski definition) is 2. The van der Waals surface area contributed by atoms with Gasteiger partial charge in [0.05, 0.1) is 0 Å². The quantitative estimate of drug-likeness (QED) is 0.487. The summed E-state index contributed by atoms with van der Waals surface area (Å²) in [5.74, 6) is 0. The van der Waals surface area contributed by atoms with E-state index in [1.807, 2.05) is 6.07 Å². The molecule has 108 valence electrons. The van der Waals surface area contributed by atoms with Gasteiger partial charge in [-0.3, -0.25) is 0 Å². The van der Waals surface area contributed by atoms with Crippen molar-refractivity contribution in [3.05, 3.63) is 34.9 Å². The van der Waals surface area contributed by atoms with Crippen LogP contribution < -0.4 is 0 Å². The van der Waals surface area contributed by atoms with Gasteiger partial charge in [-0.2, -0.15) is 0 Å². The van der Waals surface area contributed by atoms with Crippen LogP contribution in [0.2, 0.25) is 0 Å². The molecule has 0 fully saturated rings. The third-order valence-corrected chi connectivity index (χ3v) is 3.88. The Labute approximate surface area is 119 Å². The smallest absolute Gasteiger partial charge is 0.134 e. The van der Waals surface area contributed by atoms with Gasteiger partial charge >= 0.3 is 0 Å². The van der Waals surface area contributed by atoms with Crippen LogP contribution in [-0.2, 0) is 12.8 Å². The van der Waals surface area contributed by atoms with Crippen molar-refractivity contribution in [3.63, 3.8) is 0 Å². The molecule has 1 aliphatic carbocycles. The van der Waals surface area contributed by atoms with Gasteiger partial charge in [0, 0.05) is 5.56 Å². The zero-order valence-corrected chi connectivity index (χ0v) is 12.0. The Morgan fingerprint density at radius 2 is 1.85 bits per heavy atom. The van der Waals surface area contributed by atoms with E-state index in [4.69, 9.17) is 5.21 Å². The van der Waals surface area contributed by atoms with E-state index in [0.717, 1.165) is 31.2 Å². The molecule has 0 radical (unpaired) electrons. The first-order valence-electron chi connectivity index (χ1n) is 7.35. The van der Waals surface area contributed by atoms with Crippen molar-refractivity contribution in [2.75, 3.05) is 0 Å². The van der Waals surface area contributed by atoms with Gasteiger partial charge in [-0.15, -0.1) is 0 Å². The Morgan fingerprint density at radius 3 is 2.50 bits per heavy atom. The summed E-state index contributed by atoms with van der Waals surface area (Å²) < 4.78 is 0. The number of benzene rings is 1. The van der Waals surface area contributed by atoms with Crippen LogP contribution in [0.5, 0.6) is 0 Å². The molecular weight excluding hydrogens is 252 g/mol. The minimum Gasteiger partial charge on any atom is -0.411 e. The minimum atomic E-state index is 0.384. The highest BCUT2D eigenvalue weighted by Gasteiger charge is 2.16. The number of rotatable bonds is 5. The lowest BCUT2D eigenvalue weighted by Crippen LogP contribution is -2.17. The summed E-state index contributed by atoms with van der Waals surface area (Å²) >= 11 is 0. The summed E-state index contributed by atoms with van der Waals surface area (Å²) in [6.07, 6.45) is 7.17. The van der Waals surface area contributed by atoms with Crippen molar-refractivity contribution in [1.29, 1.82) is 0 Å². The van der Waals surface area contributed by atoms with E-state index in [1.165, 1.54) is 24.0 Å². The maximum Gasteiger partial charge on any atom is 0.134 e. The fraction of sp³-hybridized carbons (Fsp3) is 0.500. The number of fused-ring (bicyclic) bond motifs is 1. The molecule has 4 heteroatoms. The zero-order valence-electron chi connectivity index (χ0n) is 12.0. The molecule has 0 heterocycles. The average molecular weight is 274 g/mol. The molecule has 0 amide bonds. The highest BCUT2D eigenvalue weighted by atomic mass is 16.4. The van der Waals surface area contributed by atoms with Crippen LogP contribution in [0.15, 0.2) is 28.5 Å². The van der Waals surface area contributed by atoms with Gasteiger partial charge in [0.15, 0.2) is 0 Å². The molecule has 0 aromatic heterocycles. The van der Waals surface area contributed by atoms with Crippen molar-refractivity contribution in [1.82, 2.24) is 0 Å². The van der Waals surface area contributed by atoms with Crippen molar-refractivity contribution in [3.8, 4) is 0 Å². The zero-order chi connectivity index (χ0) is 14.4. The SMILES string of the molecule is CCCCC(=N\O)/C(=N\O)c1ccc2c(c1)CCCC2. The molecule has 0 saturated carbocycles. The number of oxime groups is 2. The normalized spacial score (nSPS) is 16.1. The largest absolute Gasteiger partial charge is 0.411 e. The molecule has 1 aliphatic rings. The summed E-state index contributed by atoms with van der Waals surface area (Å²) in [5.41, 5.74) is 4.37. The van der Waals surface area contributed by atoms with Crippen molar-refractivity contribution in [2.24, 2.45) is 10.3 Å². The Balaban J connectivity index is 2.27. The summed E-state index contributed by atoms with van der Waals surface area (Å²) in [4.78, 5) is 0. The highest BCUT2D eigenvalue weighted by Crippen LogP contribution is 2.23. The van der Waals surface area contributed by atoms with E-state index in [1.54, 1.807) is 0 Å². The lowest BCUT2D eigenvalue weighted by molar-refractivity contribution is 0.313. The number of hydrogen-bond acceptors (Lipinski definition) is 4. The van der Waals surface area contributed by atoms with Gasteiger partial charge in [0.2, 0.25) is 0 Å². The Morgan fingerprint density at radius 1 is 1.10 bits per heavy atom. The van der Waals surface area contributed by atoms with Crippen LogP contribution in [0.4, 0.5) is 0 Å². The first-order valence-corrected chi connectivity index (χ1v) is 7.35. The van der Waals surface area contributed by atoms with E-state index in [-0.39, 0.29) is 0 Å². The van der Waals surface area contributed by atoms with Gasteiger partial charge < -0.3 is 10.4 Å². The van der Waals surface area contributed by atoms with Crippen LogP contribution in [0, 0.1) is 0 Å². The van der Waals surface area contributed by atoms with Gasteiger partial charge in [-0.1, -0.05) is 35.8 Å². The van der Waals surface area contributed by atoms with Gasteiger partial charge in [0.1, 0.15) is 11.4 Å². The summed E-state index contributed by atoms with van der Waals surface area (Å²) in [6, 6.07) is 6.13. The van der Waals surface area contributed by atoms with Crippen LogP contribution in [0.25, 0.3) is 0 Å². The highest BCUT2D eigenvalue weighted by molar-refractivity contribution is 6.48. The standard InChI is InChI=1S/C16H22N2O2/c1-2-3-8-15(17-19)16(18-20)14-10-9-12-6-4-5-7-13(12)11-14/h9-11,19-20H,2-8H2,1H3/b17-15+,18-16-. The number of nitrogens with zero attached hydrogens (tertiary/aromatic N) is 2. The topological polar surface area (TPSA) is 65.2 Å². The fourth-order valence-corrected chi connectivity index (χ4v) is 2.72. The molecule has 0 atom stereocenters. The average Bonchev–Trinajstić information content (AvgIpc) is 2.51. The number of aryl methyl sites for hydroxylation is 2. The van der Waals surface area contributed by atoms with E-state index in [0.29, 0.717) is 17.8 Å². The van der Waals surface area contributed by atoms with Crippen LogP contribution in [-0.4, -0.2) is 21.8 Å². The summed E-state index contributed by atoms with van der Waals surface area (Å²) in [7, 11) is 0. The molecule has 2 rings (SSSR count). The van der Waals surface area contributed by atoms with E-state index < -0.39 is 0 Å².